The molecule has 0 aromatic rings. The molecule has 1 N–H and O–H groups in total. The van der Waals surface area contributed by atoms with Gasteiger partial charge in [-0.25, -0.2) is 0 Å². The van der Waals surface area contributed by atoms with E-state index in [0.29, 0.717) is 19.3 Å². The smallest absolute Gasteiger partial charge is 0.239 e. The van der Waals surface area contributed by atoms with Crippen LogP contribution in [-0.4, -0.2) is 49.2 Å². The van der Waals surface area contributed by atoms with Crippen LogP contribution in [0.4, 0.5) is 0 Å². The van der Waals surface area contributed by atoms with Crippen molar-refractivity contribution in [1.29, 1.82) is 0 Å². The number of hydrogen-bond donors (Lipinski definition) is 1. The van der Waals surface area contributed by atoms with E-state index in [-0.39, 0.29) is 11.9 Å². The molecule has 6 atom stereocenters. The van der Waals surface area contributed by atoms with Gasteiger partial charge in [-0.2, -0.15) is 0 Å². The topological polar surface area (TPSA) is 41.6 Å². The molecule has 3 saturated carbocycles. The normalized spacial score (nSPS) is 43.1. The first-order chi connectivity index (χ1) is 10.2. The van der Waals surface area contributed by atoms with Crippen LogP contribution < -0.4 is 5.32 Å². The number of morpholine rings is 1. The van der Waals surface area contributed by atoms with Crippen molar-refractivity contribution in [2.45, 2.75) is 51.1 Å². The van der Waals surface area contributed by atoms with E-state index in [4.69, 9.17) is 4.74 Å². The molecule has 4 rings (SSSR count). The molecule has 3 aliphatic carbocycles. The molecule has 21 heavy (non-hydrogen) atoms. The van der Waals surface area contributed by atoms with Gasteiger partial charge in [-0.1, -0.05) is 6.42 Å². The molecule has 4 nitrogen and oxygen atoms in total. The third-order valence-electron chi connectivity index (χ3n) is 6.59. The van der Waals surface area contributed by atoms with Crippen LogP contribution in [0.25, 0.3) is 0 Å². The molecule has 1 saturated heterocycles. The molecule has 1 aliphatic heterocycles. The molecule has 118 valence electrons. The molecule has 4 heteroatoms. The fourth-order valence-electron chi connectivity index (χ4n) is 5.71. The van der Waals surface area contributed by atoms with Crippen LogP contribution in [-0.2, 0) is 9.53 Å². The lowest BCUT2D eigenvalue weighted by atomic mass is 9.79. The van der Waals surface area contributed by atoms with E-state index in [1.165, 1.54) is 32.1 Å². The third-order valence-corrected chi connectivity index (χ3v) is 6.59. The molecule has 0 aromatic carbocycles. The van der Waals surface area contributed by atoms with Crippen molar-refractivity contribution >= 4 is 5.91 Å². The Morgan fingerprint density at radius 1 is 1.14 bits per heavy atom. The van der Waals surface area contributed by atoms with E-state index >= 15 is 0 Å². The predicted molar refractivity (Wildman–Crippen MR) is 80.8 cm³/mol. The summed E-state index contributed by atoms with van der Waals surface area (Å²) in [7, 11) is 0. The molecule has 0 radical (unpaired) electrons. The SMILES string of the molecule is C[C@@H](N[C@@H]1C[C@@H]2C[C@@H]1[C@@H]1CCC[C@@H]21)C(=O)N1CCOCC1. The van der Waals surface area contributed by atoms with Crippen molar-refractivity contribution in [2.75, 3.05) is 26.3 Å². The summed E-state index contributed by atoms with van der Waals surface area (Å²) in [5.74, 6) is 4.06. The van der Waals surface area contributed by atoms with E-state index in [1.807, 2.05) is 4.90 Å². The molecule has 4 aliphatic rings. The summed E-state index contributed by atoms with van der Waals surface area (Å²) in [4.78, 5) is 14.5. The lowest BCUT2D eigenvalue weighted by Crippen LogP contribution is -2.53. The number of rotatable bonds is 3. The Bertz CT molecular complexity index is 408. The second kappa shape index (κ2) is 5.54. The van der Waals surface area contributed by atoms with Crippen LogP contribution in [0.3, 0.4) is 0 Å². The first kappa shape index (κ1) is 14.0. The minimum atomic E-state index is -0.0349. The fraction of sp³-hybridized carbons (Fsp3) is 0.941. The lowest BCUT2D eigenvalue weighted by molar-refractivity contribution is -0.137. The van der Waals surface area contributed by atoms with Gasteiger partial charge in [-0.15, -0.1) is 0 Å². The highest BCUT2D eigenvalue weighted by atomic mass is 16.5. The molecule has 0 unspecified atom stereocenters. The van der Waals surface area contributed by atoms with Crippen LogP contribution in [0.1, 0.15) is 39.0 Å². The summed E-state index contributed by atoms with van der Waals surface area (Å²) in [6, 6.07) is 0.557. The lowest BCUT2D eigenvalue weighted by Gasteiger charge is -2.35. The highest BCUT2D eigenvalue weighted by molar-refractivity contribution is 5.81. The van der Waals surface area contributed by atoms with Crippen molar-refractivity contribution in [2.24, 2.45) is 23.7 Å². The Morgan fingerprint density at radius 2 is 1.90 bits per heavy atom. The molecular formula is C17H28N2O2. The Kier molecular flexibility index (Phi) is 3.70. The summed E-state index contributed by atoms with van der Waals surface area (Å²) in [5, 5.41) is 3.69. The summed E-state index contributed by atoms with van der Waals surface area (Å²) in [6.45, 7) is 4.95. The Morgan fingerprint density at radius 3 is 2.71 bits per heavy atom. The second-order valence-corrected chi connectivity index (χ2v) is 7.59. The predicted octanol–water partition coefficient (Wildman–Crippen LogP) is 1.65. The minimum absolute atomic E-state index is 0.0349. The average molecular weight is 292 g/mol. The Hall–Kier alpha value is -0.610. The zero-order valence-electron chi connectivity index (χ0n) is 13.1. The number of nitrogens with one attached hydrogen (secondary N) is 1. The van der Waals surface area contributed by atoms with E-state index in [0.717, 1.165) is 36.8 Å². The van der Waals surface area contributed by atoms with Crippen LogP contribution in [0.5, 0.6) is 0 Å². The van der Waals surface area contributed by atoms with Crippen molar-refractivity contribution in [3.63, 3.8) is 0 Å². The number of amides is 1. The number of carbonyl (C=O) groups excluding carboxylic acids is 1. The van der Waals surface area contributed by atoms with Gasteiger partial charge in [0.15, 0.2) is 0 Å². The van der Waals surface area contributed by atoms with Gasteiger partial charge in [0.05, 0.1) is 19.3 Å². The molecular weight excluding hydrogens is 264 g/mol. The molecule has 0 spiro atoms. The van der Waals surface area contributed by atoms with Crippen molar-refractivity contribution in [3.05, 3.63) is 0 Å². The molecule has 4 fully saturated rings. The van der Waals surface area contributed by atoms with E-state index in [9.17, 15) is 4.79 Å². The van der Waals surface area contributed by atoms with Gasteiger partial charge in [0, 0.05) is 19.1 Å². The highest BCUT2D eigenvalue weighted by Crippen LogP contribution is 2.58. The van der Waals surface area contributed by atoms with Gasteiger partial charge >= 0.3 is 0 Å². The van der Waals surface area contributed by atoms with Gasteiger partial charge in [-0.3, -0.25) is 4.79 Å². The molecule has 0 aromatic heterocycles. The summed E-state index contributed by atoms with van der Waals surface area (Å²) in [6.07, 6.45) is 7.09. The van der Waals surface area contributed by atoms with Crippen LogP contribution in [0.15, 0.2) is 0 Å². The first-order valence-corrected chi connectivity index (χ1v) is 8.86. The highest BCUT2D eigenvalue weighted by Gasteiger charge is 2.53. The van der Waals surface area contributed by atoms with Crippen molar-refractivity contribution in [1.82, 2.24) is 10.2 Å². The first-order valence-electron chi connectivity index (χ1n) is 8.86. The molecule has 1 heterocycles. The number of nitrogens with zero attached hydrogens (tertiary/aromatic N) is 1. The zero-order chi connectivity index (χ0) is 14.4. The standard InChI is InChI=1S/C17H28N2O2/c1-11(17(20)19-5-7-21-8-6-19)18-16-10-12-9-15(16)14-4-2-3-13(12)14/h11-16,18H,2-10H2,1H3/t11-,12+,13+,14-,15-,16-/m1/s1. The van der Waals surface area contributed by atoms with Gasteiger partial charge in [0.1, 0.15) is 0 Å². The quantitative estimate of drug-likeness (QED) is 0.860. The van der Waals surface area contributed by atoms with E-state index in [2.05, 4.69) is 12.2 Å². The summed E-state index contributed by atoms with van der Waals surface area (Å²) < 4.78 is 5.34. The second-order valence-electron chi connectivity index (χ2n) is 7.59. The fourth-order valence-corrected chi connectivity index (χ4v) is 5.71. The maximum atomic E-state index is 12.5. The van der Waals surface area contributed by atoms with E-state index < -0.39 is 0 Å². The van der Waals surface area contributed by atoms with Crippen LogP contribution in [0, 0.1) is 23.7 Å². The maximum absolute atomic E-state index is 12.5. The van der Waals surface area contributed by atoms with Crippen LogP contribution >= 0.6 is 0 Å². The zero-order valence-corrected chi connectivity index (χ0v) is 13.1. The number of ether oxygens (including phenoxy) is 1. The van der Waals surface area contributed by atoms with Gasteiger partial charge in [0.2, 0.25) is 5.91 Å². The molecule has 1 amide bonds. The van der Waals surface area contributed by atoms with Gasteiger partial charge < -0.3 is 15.0 Å². The number of fused-ring (bicyclic) bond motifs is 5. The Balaban J connectivity index is 1.35. The summed E-state index contributed by atoms with van der Waals surface area (Å²) in [5.41, 5.74) is 0. The third kappa shape index (κ3) is 2.40. The molecule has 2 bridgehead atoms. The monoisotopic (exact) mass is 292 g/mol. The van der Waals surface area contributed by atoms with Gasteiger partial charge in [-0.05, 0) is 56.3 Å². The minimum Gasteiger partial charge on any atom is -0.378 e. The maximum Gasteiger partial charge on any atom is 0.239 e. The number of carbonyl (C=O) groups is 1. The average Bonchev–Trinajstić information content (AvgIpc) is 3.19. The summed E-state index contributed by atoms with van der Waals surface area (Å²) >= 11 is 0. The van der Waals surface area contributed by atoms with Crippen molar-refractivity contribution < 1.29 is 9.53 Å². The van der Waals surface area contributed by atoms with Crippen molar-refractivity contribution in [3.8, 4) is 0 Å². The number of hydrogen-bond acceptors (Lipinski definition) is 3. The Labute approximate surface area is 127 Å². The largest absolute Gasteiger partial charge is 0.378 e. The van der Waals surface area contributed by atoms with Gasteiger partial charge in [0.25, 0.3) is 0 Å². The van der Waals surface area contributed by atoms with E-state index in [1.54, 1.807) is 0 Å². The van der Waals surface area contributed by atoms with Crippen LogP contribution in [0.2, 0.25) is 0 Å².